The molecule has 0 aliphatic heterocycles. The van der Waals surface area contributed by atoms with Gasteiger partial charge in [0.05, 0.1) is 15.8 Å². The summed E-state index contributed by atoms with van der Waals surface area (Å²) in [6.45, 7) is 3.33. The zero-order valence-corrected chi connectivity index (χ0v) is 12.8. The van der Waals surface area contributed by atoms with Crippen LogP contribution in [0.5, 0.6) is 0 Å². The second-order valence-corrected chi connectivity index (χ2v) is 5.11. The Morgan fingerprint density at radius 2 is 2.13 bits per heavy atom. The van der Waals surface area contributed by atoms with E-state index in [1.165, 1.54) is 0 Å². The molecule has 0 saturated heterocycles. The summed E-state index contributed by atoms with van der Waals surface area (Å²) in [6, 6.07) is 6.93. The number of aromatic nitrogens is 3. The molecule has 1 aromatic carbocycles. The predicted octanol–water partition coefficient (Wildman–Crippen LogP) is 3.01. The van der Waals surface area contributed by atoms with E-state index in [1.54, 1.807) is 36.7 Å². The molecule has 0 saturated carbocycles. The van der Waals surface area contributed by atoms with Gasteiger partial charge in [-0.2, -0.15) is 0 Å². The number of imidazole rings is 1. The lowest BCUT2D eigenvalue weighted by Crippen LogP contribution is -2.13. The highest BCUT2D eigenvalue weighted by Gasteiger charge is 2.18. The van der Waals surface area contributed by atoms with Crippen LogP contribution in [-0.4, -0.2) is 26.0 Å². The van der Waals surface area contributed by atoms with Gasteiger partial charge in [0, 0.05) is 38.1 Å². The first-order valence-corrected chi connectivity index (χ1v) is 7.46. The van der Waals surface area contributed by atoms with Crippen molar-refractivity contribution in [2.45, 2.75) is 19.9 Å². The van der Waals surface area contributed by atoms with E-state index < -0.39 is 0 Å². The summed E-state index contributed by atoms with van der Waals surface area (Å²) in [4.78, 5) is 19.5. The SMILES string of the molecule is CCc1nccn1CCNc1ccc2ncccc2c1[N+](=O)[O-]. The lowest BCUT2D eigenvalue weighted by Gasteiger charge is -2.10. The minimum Gasteiger partial charge on any atom is -0.378 e. The number of nitrogens with one attached hydrogen (secondary N) is 1. The molecule has 0 aliphatic carbocycles. The van der Waals surface area contributed by atoms with Gasteiger partial charge in [-0.3, -0.25) is 15.1 Å². The van der Waals surface area contributed by atoms with Crippen molar-refractivity contribution in [1.29, 1.82) is 0 Å². The van der Waals surface area contributed by atoms with E-state index in [0.29, 0.717) is 29.7 Å². The van der Waals surface area contributed by atoms with Crippen molar-refractivity contribution in [3.63, 3.8) is 0 Å². The smallest absolute Gasteiger partial charge is 0.301 e. The standard InChI is InChI=1S/C16H17N5O2/c1-2-15-19-9-11-20(15)10-8-18-14-6-5-13-12(4-3-7-17-13)16(14)21(22)23/h3-7,9,11,18H,2,8,10H2,1H3. The summed E-state index contributed by atoms with van der Waals surface area (Å²) in [7, 11) is 0. The molecule has 0 bridgehead atoms. The van der Waals surface area contributed by atoms with Crippen molar-refractivity contribution in [2.24, 2.45) is 0 Å². The highest BCUT2D eigenvalue weighted by atomic mass is 16.6. The van der Waals surface area contributed by atoms with E-state index in [1.807, 2.05) is 17.7 Å². The third kappa shape index (κ3) is 2.98. The van der Waals surface area contributed by atoms with E-state index in [-0.39, 0.29) is 10.6 Å². The van der Waals surface area contributed by atoms with Gasteiger partial charge in [0.25, 0.3) is 0 Å². The molecule has 2 aromatic heterocycles. The molecule has 0 atom stereocenters. The number of benzene rings is 1. The highest BCUT2D eigenvalue weighted by Crippen LogP contribution is 2.32. The number of rotatable bonds is 6. The fraction of sp³-hybridized carbons (Fsp3) is 0.250. The molecule has 0 spiro atoms. The maximum absolute atomic E-state index is 11.5. The van der Waals surface area contributed by atoms with E-state index in [4.69, 9.17) is 0 Å². The maximum Gasteiger partial charge on any atom is 0.301 e. The van der Waals surface area contributed by atoms with Crippen molar-refractivity contribution in [3.05, 3.63) is 58.8 Å². The number of anilines is 1. The van der Waals surface area contributed by atoms with Crippen LogP contribution in [0, 0.1) is 10.1 Å². The van der Waals surface area contributed by atoms with Gasteiger partial charge in [0.15, 0.2) is 0 Å². The summed E-state index contributed by atoms with van der Waals surface area (Å²) in [5.41, 5.74) is 1.19. The Hall–Kier alpha value is -2.96. The molecule has 7 nitrogen and oxygen atoms in total. The summed E-state index contributed by atoms with van der Waals surface area (Å²) >= 11 is 0. The number of nitro groups is 1. The minimum atomic E-state index is -0.360. The Labute approximate surface area is 133 Å². The Bertz CT molecular complexity index is 843. The monoisotopic (exact) mass is 311 g/mol. The number of nitro benzene ring substituents is 1. The fourth-order valence-corrected chi connectivity index (χ4v) is 2.65. The summed E-state index contributed by atoms with van der Waals surface area (Å²) < 4.78 is 2.04. The second kappa shape index (κ2) is 6.43. The average Bonchev–Trinajstić information content (AvgIpc) is 3.01. The molecule has 23 heavy (non-hydrogen) atoms. The van der Waals surface area contributed by atoms with E-state index in [0.717, 1.165) is 12.2 Å². The largest absolute Gasteiger partial charge is 0.378 e. The molecular weight excluding hydrogens is 294 g/mol. The molecule has 0 fully saturated rings. The van der Waals surface area contributed by atoms with Gasteiger partial charge in [-0.1, -0.05) is 6.92 Å². The average molecular weight is 311 g/mol. The van der Waals surface area contributed by atoms with Gasteiger partial charge in [-0.05, 0) is 24.3 Å². The lowest BCUT2D eigenvalue weighted by atomic mass is 10.1. The number of fused-ring (bicyclic) bond motifs is 1. The third-order valence-corrected chi connectivity index (χ3v) is 3.73. The molecule has 2 heterocycles. The normalized spacial score (nSPS) is 10.8. The van der Waals surface area contributed by atoms with Gasteiger partial charge in [-0.15, -0.1) is 0 Å². The quantitative estimate of drug-likeness (QED) is 0.558. The minimum absolute atomic E-state index is 0.0666. The van der Waals surface area contributed by atoms with Crippen LogP contribution >= 0.6 is 0 Å². The van der Waals surface area contributed by atoms with Gasteiger partial charge < -0.3 is 9.88 Å². The molecule has 0 radical (unpaired) electrons. The van der Waals surface area contributed by atoms with Crippen LogP contribution < -0.4 is 5.32 Å². The molecule has 0 aliphatic rings. The first-order chi connectivity index (χ1) is 11.2. The number of hydrogen-bond acceptors (Lipinski definition) is 5. The summed E-state index contributed by atoms with van der Waals surface area (Å²) in [5, 5.41) is 15.1. The lowest BCUT2D eigenvalue weighted by molar-refractivity contribution is -0.382. The number of aryl methyl sites for hydroxylation is 1. The molecule has 0 amide bonds. The van der Waals surface area contributed by atoms with Gasteiger partial charge in [-0.25, -0.2) is 4.98 Å². The van der Waals surface area contributed by atoms with Crippen molar-refractivity contribution in [1.82, 2.24) is 14.5 Å². The van der Waals surface area contributed by atoms with Crippen LogP contribution in [0.2, 0.25) is 0 Å². The van der Waals surface area contributed by atoms with Crippen LogP contribution in [0.3, 0.4) is 0 Å². The van der Waals surface area contributed by atoms with E-state index in [9.17, 15) is 10.1 Å². The van der Waals surface area contributed by atoms with E-state index >= 15 is 0 Å². The Kier molecular flexibility index (Phi) is 4.18. The van der Waals surface area contributed by atoms with Crippen molar-refractivity contribution in [3.8, 4) is 0 Å². The molecule has 118 valence electrons. The molecule has 1 N–H and O–H groups in total. The molecular formula is C16H17N5O2. The number of pyridine rings is 1. The third-order valence-electron chi connectivity index (χ3n) is 3.73. The van der Waals surface area contributed by atoms with E-state index in [2.05, 4.69) is 15.3 Å². The van der Waals surface area contributed by atoms with Crippen molar-refractivity contribution in [2.75, 3.05) is 11.9 Å². The van der Waals surface area contributed by atoms with Gasteiger partial charge >= 0.3 is 5.69 Å². The summed E-state index contributed by atoms with van der Waals surface area (Å²) in [6.07, 6.45) is 6.17. The van der Waals surface area contributed by atoms with Gasteiger partial charge in [0.1, 0.15) is 11.5 Å². The number of nitrogens with zero attached hydrogens (tertiary/aromatic N) is 4. The Morgan fingerprint density at radius 1 is 1.26 bits per heavy atom. The first kappa shape index (κ1) is 15.0. The topological polar surface area (TPSA) is 85.9 Å². The van der Waals surface area contributed by atoms with Crippen LogP contribution in [0.15, 0.2) is 42.9 Å². The zero-order chi connectivity index (χ0) is 16.2. The van der Waals surface area contributed by atoms with Gasteiger partial charge in [0.2, 0.25) is 0 Å². The van der Waals surface area contributed by atoms with Crippen molar-refractivity contribution < 1.29 is 4.92 Å². The van der Waals surface area contributed by atoms with Crippen LogP contribution in [0.25, 0.3) is 10.9 Å². The second-order valence-electron chi connectivity index (χ2n) is 5.11. The molecule has 3 rings (SSSR count). The van der Waals surface area contributed by atoms with Crippen LogP contribution in [-0.2, 0) is 13.0 Å². The predicted molar refractivity (Wildman–Crippen MR) is 88.5 cm³/mol. The number of hydrogen-bond donors (Lipinski definition) is 1. The molecule has 0 unspecified atom stereocenters. The Balaban J connectivity index is 1.82. The van der Waals surface area contributed by atoms with Crippen molar-refractivity contribution >= 4 is 22.3 Å². The highest BCUT2D eigenvalue weighted by molar-refractivity contribution is 5.94. The first-order valence-electron chi connectivity index (χ1n) is 7.46. The molecule has 3 aromatic rings. The fourth-order valence-electron chi connectivity index (χ4n) is 2.65. The maximum atomic E-state index is 11.5. The van der Waals surface area contributed by atoms with Crippen LogP contribution in [0.1, 0.15) is 12.7 Å². The summed E-state index contributed by atoms with van der Waals surface area (Å²) in [5.74, 6) is 1.00. The van der Waals surface area contributed by atoms with Crippen LogP contribution in [0.4, 0.5) is 11.4 Å². The Morgan fingerprint density at radius 3 is 2.91 bits per heavy atom. The molecule has 7 heteroatoms. The zero-order valence-electron chi connectivity index (χ0n) is 12.8.